The standard InChI is InChI=1S/C21H21BF2O3/c1-20(2)21(3,4)27-22(26-20)11-16-14-6-5-7-18(24)17(14)12-25-19-10-13(23)8-9-15(16)19/h5-11H,12H2,1-4H3. The van der Waals surface area contributed by atoms with Crippen LogP contribution in [-0.2, 0) is 15.9 Å². The van der Waals surface area contributed by atoms with Gasteiger partial charge in [-0.25, -0.2) is 8.78 Å². The van der Waals surface area contributed by atoms with Crippen LogP contribution in [0.5, 0.6) is 5.75 Å². The number of halogens is 2. The fourth-order valence-electron chi connectivity index (χ4n) is 3.36. The van der Waals surface area contributed by atoms with Gasteiger partial charge in [0.25, 0.3) is 0 Å². The second-order valence-corrected chi connectivity index (χ2v) is 7.90. The zero-order valence-electron chi connectivity index (χ0n) is 15.8. The van der Waals surface area contributed by atoms with Gasteiger partial charge >= 0.3 is 7.12 Å². The lowest BCUT2D eigenvalue weighted by Gasteiger charge is -2.32. The molecule has 0 atom stereocenters. The highest BCUT2D eigenvalue weighted by Gasteiger charge is 2.50. The van der Waals surface area contributed by atoms with Crippen LogP contribution in [0.3, 0.4) is 0 Å². The summed E-state index contributed by atoms with van der Waals surface area (Å²) in [5.41, 5.74) is 1.51. The summed E-state index contributed by atoms with van der Waals surface area (Å²) in [5.74, 6) is 1.42. The summed E-state index contributed by atoms with van der Waals surface area (Å²) in [6.45, 7) is 7.91. The van der Waals surface area contributed by atoms with Crippen LogP contribution in [0.1, 0.15) is 44.4 Å². The number of ether oxygens (including phenoxy) is 1. The first-order chi connectivity index (χ1) is 12.7. The molecule has 1 fully saturated rings. The third-order valence-electron chi connectivity index (χ3n) is 5.59. The third-order valence-corrected chi connectivity index (χ3v) is 5.59. The molecule has 0 N–H and O–H groups in total. The third kappa shape index (κ3) is 3.07. The van der Waals surface area contributed by atoms with E-state index >= 15 is 0 Å². The van der Waals surface area contributed by atoms with Crippen molar-refractivity contribution in [1.29, 1.82) is 0 Å². The van der Waals surface area contributed by atoms with Gasteiger partial charge in [-0.15, -0.1) is 0 Å². The molecule has 3 nitrogen and oxygen atoms in total. The summed E-state index contributed by atoms with van der Waals surface area (Å²) in [7, 11) is -0.614. The monoisotopic (exact) mass is 370 g/mol. The molecule has 0 aromatic heterocycles. The number of benzene rings is 2. The van der Waals surface area contributed by atoms with E-state index in [1.54, 1.807) is 12.1 Å². The molecular weight excluding hydrogens is 349 g/mol. The molecule has 2 aliphatic rings. The fraction of sp³-hybridized carbons (Fsp3) is 0.333. The van der Waals surface area contributed by atoms with E-state index in [1.807, 2.05) is 39.7 Å². The van der Waals surface area contributed by atoms with Crippen molar-refractivity contribution in [3.8, 4) is 5.75 Å². The summed E-state index contributed by atoms with van der Waals surface area (Å²) in [5, 5.41) is 0. The predicted molar refractivity (Wildman–Crippen MR) is 100 cm³/mol. The van der Waals surface area contributed by atoms with E-state index in [1.165, 1.54) is 18.2 Å². The average molecular weight is 370 g/mol. The van der Waals surface area contributed by atoms with Gasteiger partial charge in [0.1, 0.15) is 24.0 Å². The lowest BCUT2D eigenvalue weighted by Crippen LogP contribution is -2.41. The molecule has 0 bridgehead atoms. The van der Waals surface area contributed by atoms with Crippen LogP contribution >= 0.6 is 0 Å². The van der Waals surface area contributed by atoms with Gasteiger partial charge in [-0.05, 0) is 63.0 Å². The summed E-state index contributed by atoms with van der Waals surface area (Å²) in [6.07, 6.45) is 0. The van der Waals surface area contributed by atoms with E-state index in [9.17, 15) is 8.78 Å². The van der Waals surface area contributed by atoms with Gasteiger partial charge in [-0.2, -0.15) is 0 Å². The highest BCUT2D eigenvalue weighted by molar-refractivity contribution is 6.53. The maximum absolute atomic E-state index is 14.4. The van der Waals surface area contributed by atoms with E-state index in [-0.39, 0.29) is 12.4 Å². The van der Waals surface area contributed by atoms with Crippen molar-refractivity contribution in [2.45, 2.75) is 45.5 Å². The van der Waals surface area contributed by atoms with Crippen molar-refractivity contribution >= 4 is 12.7 Å². The first-order valence-corrected chi connectivity index (χ1v) is 8.96. The molecular formula is C21H21BF2O3. The maximum atomic E-state index is 14.4. The Morgan fingerprint density at radius 2 is 1.67 bits per heavy atom. The van der Waals surface area contributed by atoms with Gasteiger partial charge in [0.05, 0.1) is 11.2 Å². The highest BCUT2D eigenvalue weighted by atomic mass is 19.1. The van der Waals surface area contributed by atoms with Crippen LogP contribution in [0.25, 0.3) is 5.57 Å². The normalized spacial score (nSPS) is 21.4. The Morgan fingerprint density at radius 1 is 0.963 bits per heavy atom. The molecule has 1 saturated heterocycles. The highest BCUT2D eigenvalue weighted by Crippen LogP contribution is 2.41. The molecule has 0 saturated carbocycles. The number of hydrogen-bond donors (Lipinski definition) is 0. The van der Waals surface area contributed by atoms with Crippen molar-refractivity contribution in [1.82, 2.24) is 0 Å². The molecule has 2 heterocycles. The smallest absolute Gasteiger partial charge is 0.487 e. The van der Waals surface area contributed by atoms with Crippen molar-refractivity contribution < 1.29 is 22.8 Å². The van der Waals surface area contributed by atoms with Crippen molar-refractivity contribution in [2.75, 3.05) is 0 Å². The molecule has 2 aliphatic heterocycles. The van der Waals surface area contributed by atoms with Crippen LogP contribution in [-0.4, -0.2) is 18.3 Å². The topological polar surface area (TPSA) is 27.7 Å². The quantitative estimate of drug-likeness (QED) is 0.667. The largest absolute Gasteiger partial charge is 0.488 e. The van der Waals surface area contributed by atoms with Gasteiger partial charge in [0, 0.05) is 17.2 Å². The second kappa shape index (κ2) is 6.18. The van der Waals surface area contributed by atoms with Crippen LogP contribution in [0.2, 0.25) is 0 Å². The molecule has 0 radical (unpaired) electrons. The Balaban J connectivity index is 1.88. The van der Waals surface area contributed by atoms with Gasteiger partial charge in [0.15, 0.2) is 0 Å². The van der Waals surface area contributed by atoms with E-state index in [4.69, 9.17) is 14.0 Å². The van der Waals surface area contributed by atoms with Crippen molar-refractivity contribution in [2.24, 2.45) is 0 Å². The lowest BCUT2D eigenvalue weighted by molar-refractivity contribution is 0.00578. The molecule has 27 heavy (non-hydrogen) atoms. The maximum Gasteiger partial charge on any atom is 0.487 e. The molecule has 0 aliphatic carbocycles. The minimum Gasteiger partial charge on any atom is -0.488 e. The minimum absolute atomic E-state index is 0.0270. The zero-order valence-corrected chi connectivity index (χ0v) is 15.8. The van der Waals surface area contributed by atoms with Gasteiger partial charge in [-0.1, -0.05) is 12.1 Å². The molecule has 2 aromatic carbocycles. The van der Waals surface area contributed by atoms with Crippen LogP contribution in [0.15, 0.2) is 42.4 Å². The number of hydrogen-bond acceptors (Lipinski definition) is 3. The van der Waals surface area contributed by atoms with Crippen molar-refractivity contribution in [3.63, 3.8) is 0 Å². The molecule has 2 aromatic rings. The minimum atomic E-state index is -0.614. The SMILES string of the molecule is CC1(C)OB(C=C2c3ccc(F)cc3OCc3c(F)cccc32)OC1(C)C. The molecule has 140 valence electrons. The Labute approximate surface area is 158 Å². The fourth-order valence-corrected chi connectivity index (χ4v) is 3.36. The first kappa shape index (κ1) is 18.2. The van der Waals surface area contributed by atoms with Gasteiger partial charge in [-0.3, -0.25) is 0 Å². The second-order valence-electron chi connectivity index (χ2n) is 7.90. The summed E-state index contributed by atoms with van der Waals surface area (Å²) < 4.78 is 46.1. The average Bonchev–Trinajstić information content (AvgIpc) is 2.70. The molecule has 0 spiro atoms. The molecule has 4 rings (SSSR count). The lowest BCUT2D eigenvalue weighted by atomic mass is 9.81. The summed E-state index contributed by atoms with van der Waals surface area (Å²) in [4.78, 5) is 0. The Kier molecular flexibility index (Phi) is 4.16. The summed E-state index contributed by atoms with van der Waals surface area (Å²) >= 11 is 0. The first-order valence-electron chi connectivity index (χ1n) is 8.96. The Hall–Kier alpha value is -2.18. The number of rotatable bonds is 1. The van der Waals surface area contributed by atoms with E-state index in [2.05, 4.69) is 0 Å². The van der Waals surface area contributed by atoms with E-state index < -0.39 is 24.1 Å². The van der Waals surface area contributed by atoms with Crippen LogP contribution < -0.4 is 4.74 Å². The zero-order chi connectivity index (χ0) is 19.4. The van der Waals surface area contributed by atoms with Crippen molar-refractivity contribution in [3.05, 3.63) is 70.7 Å². The Morgan fingerprint density at radius 3 is 2.37 bits per heavy atom. The van der Waals surface area contributed by atoms with Gasteiger partial charge < -0.3 is 14.0 Å². The molecule has 6 heteroatoms. The van der Waals surface area contributed by atoms with Crippen LogP contribution in [0, 0.1) is 11.6 Å². The van der Waals surface area contributed by atoms with Gasteiger partial charge in [0.2, 0.25) is 0 Å². The molecule has 0 unspecified atom stereocenters. The van der Waals surface area contributed by atoms with E-state index in [0.29, 0.717) is 28.0 Å². The summed E-state index contributed by atoms with van der Waals surface area (Å²) in [6, 6.07) is 9.20. The predicted octanol–water partition coefficient (Wildman–Crippen LogP) is 4.92. The molecule has 0 amide bonds. The number of fused-ring (bicyclic) bond motifs is 2. The van der Waals surface area contributed by atoms with Crippen LogP contribution in [0.4, 0.5) is 8.78 Å². The van der Waals surface area contributed by atoms with E-state index in [0.717, 1.165) is 0 Å². The Bertz CT molecular complexity index is 921.